The van der Waals surface area contributed by atoms with E-state index in [9.17, 15) is 15.0 Å². The lowest BCUT2D eigenvalue weighted by atomic mass is 9.85. The SMILES string of the molecule is COc1cccc(/C=N/NC(=O)C(O)(c2ccc(C)cc2)c2ccc(C)cc2)c1O. The molecular weight excluding hydrogens is 380 g/mol. The van der Waals surface area contributed by atoms with Crippen LogP contribution in [-0.2, 0) is 10.4 Å². The zero-order valence-electron chi connectivity index (χ0n) is 17.1. The van der Waals surface area contributed by atoms with Crippen LogP contribution in [0.1, 0.15) is 27.8 Å². The third kappa shape index (κ3) is 4.18. The van der Waals surface area contributed by atoms with Gasteiger partial charge in [0.1, 0.15) is 0 Å². The third-order valence-corrected chi connectivity index (χ3v) is 4.89. The predicted molar refractivity (Wildman–Crippen MR) is 116 cm³/mol. The molecular formula is C24H24N2O4. The van der Waals surface area contributed by atoms with Crippen LogP contribution in [0.3, 0.4) is 0 Å². The Bertz CT molecular complexity index is 1010. The Kier molecular flexibility index (Phi) is 6.18. The Hall–Kier alpha value is -3.64. The van der Waals surface area contributed by atoms with E-state index in [0.29, 0.717) is 22.4 Å². The van der Waals surface area contributed by atoms with Gasteiger partial charge in [-0.15, -0.1) is 0 Å². The molecule has 0 unspecified atom stereocenters. The number of aromatic hydroxyl groups is 1. The third-order valence-electron chi connectivity index (χ3n) is 4.89. The largest absolute Gasteiger partial charge is 0.504 e. The molecule has 0 atom stereocenters. The van der Waals surface area contributed by atoms with Gasteiger partial charge in [0.15, 0.2) is 17.1 Å². The van der Waals surface area contributed by atoms with Gasteiger partial charge in [-0.05, 0) is 37.1 Å². The number of phenols is 1. The number of hydrazone groups is 1. The van der Waals surface area contributed by atoms with E-state index in [1.165, 1.54) is 13.3 Å². The minimum absolute atomic E-state index is 0.0923. The highest BCUT2D eigenvalue weighted by Crippen LogP contribution is 2.31. The van der Waals surface area contributed by atoms with Crippen molar-refractivity contribution in [1.29, 1.82) is 0 Å². The normalized spacial score (nSPS) is 11.5. The lowest BCUT2D eigenvalue weighted by Gasteiger charge is -2.27. The average Bonchev–Trinajstić information content (AvgIpc) is 2.75. The molecule has 3 aromatic carbocycles. The molecule has 30 heavy (non-hydrogen) atoms. The summed E-state index contributed by atoms with van der Waals surface area (Å²) in [6.07, 6.45) is 1.29. The van der Waals surface area contributed by atoms with E-state index in [1.807, 2.05) is 38.1 Å². The van der Waals surface area contributed by atoms with Crippen molar-refractivity contribution in [2.45, 2.75) is 19.4 Å². The monoisotopic (exact) mass is 404 g/mol. The van der Waals surface area contributed by atoms with Crippen LogP contribution in [0.4, 0.5) is 0 Å². The minimum atomic E-state index is -1.94. The van der Waals surface area contributed by atoms with E-state index in [-0.39, 0.29) is 5.75 Å². The number of nitrogens with one attached hydrogen (secondary N) is 1. The Morgan fingerprint density at radius 2 is 1.50 bits per heavy atom. The Morgan fingerprint density at radius 3 is 2.00 bits per heavy atom. The van der Waals surface area contributed by atoms with Crippen LogP contribution in [0.25, 0.3) is 0 Å². The number of hydrogen-bond acceptors (Lipinski definition) is 5. The highest BCUT2D eigenvalue weighted by atomic mass is 16.5. The standard InChI is InChI=1S/C24H24N2O4/c1-16-7-11-19(12-8-16)24(29,20-13-9-17(2)10-14-20)23(28)26-25-15-18-5-4-6-21(30-3)22(18)27/h4-15,27,29H,1-3H3,(H,26,28)/b25-15+. The molecule has 0 aliphatic rings. The van der Waals surface area contributed by atoms with E-state index >= 15 is 0 Å². The molecule has 0 fully saturated rings. The number of nitrogens with zero attached hydrogens (tertiary/aromatic N) is 1. The topological polar surface area (TPSA) is 91.2 Å². The summed E-state index contributed by atoms with van der Waals surface area (Å²) < 4.78 is 5.06. The summed E-state index contributed by atoms with van der Waals surface area (Å²) in [6, 6.07) is 19.1. The second kappa shape index (κ2) is 8.80. The van der Waals surface area contributed by atoms with Crippen molar-refractivity contribution in [2.24, 2.45) is 5.10 Å². The van der Waals surface area contributed by atoms with Gasteiger partial charge in [0, 0.05) is 5.56 Å². The Balaban J connectivity index is 1.93. The molecule has 1 amide bonds. The Labute approximate surface area is 175 Å². The van der Waals surface area contributed by atoms with Gasteiger partial charge in [0.2, 0.25) is 0 Å². The molecule has 0 bridgehead atoms. The van der Waals surface area contributed by atoms with E-state index in [1.54, 1.807) is 42.5 Å². The number of benzene rings is 3. The van der Waals surface area contributed by atoms with Crippen LogP contribution in [0, 0.1) is 13.8 Å². The molecule has 6 heteroatoms. The molecule has 3 N–H and O–H groups in total. The van der Waals surface area contributed by atoms with Crippen molar-refractivity contribution in [1.82, 2.24) is 5.43 Å². The van der Waals surface area contributed by atoms with E-state index in [0.717, 1.165) is 11.1 Å². The molecule has 0 radical (unpaired) electrons. The first-order valence-corrected chi connectivity index (χ1v) is 9.42. The molecule has 0 heterocycles. The van der Waals surface area contributed by atoms with Crippen molar-refractivity contribution < 1.29 is 19.7 Å². The van der Waals surface area contributed by atoms with Gasteiger partial charge in [-0.2, -0.15) is 5.10 Å². The number of methoxy groups -OCH3 is 1. The van der Waals surface area contributed by atoms with Crippen molar-refractivity contribution >= 4 is 12.1 Å². The number of aliphatic hydroxyl groups is 1. The van der Waals surface area contributed by atoms with E-state index < -0.39 is 11.5 Å². The second-order valence-electron chi connectivity index (χ2n) is 7.04. The zero-order chi connectivity index (χ0) is 21.7. The maximum absolute atomic E-state index is 13.1. The minimum Gasteiger partial charge on any atom is -0.504 e. The van der Waals surface area contributed by atoms with Gasteiger partial charge in [0.25, 0.3) is 5.91 Å². The molecule has 0 saturated carbocycles. The van der Waals surface area contributed by atoms with Gasteiger partial charge in [-0.1, -0.05) is 65.7 Å². The molecule has 0 aromatic heterocycles. The number of phenolic OH excluding ortho intramolecular Hbond substituents is 1. The average molecular weight is 404 g/mol. The van der Waals surface area contributed by atoms with Gasteiger partial charge < -0.3 is 14.9 Å². The van der Waals surface area contributed by atoms with Gasteiger partial charge >= 0.3 is 0 Å². The van der Waals surface area contributed by atoms with Crippen LogP contribution in [0.2, 0.25) is 0 Å². The first-order chi connectivity index (χ1) is 14.4. The van der Waals surface area contributed by atoms with Crippen LogP contribution in [0.15, 0.2) is 71.8 Å². The summed E-state index contributed by atoms with van der Waals surface area (Å²) in [5, 5.41) is 25.6. The first kappa shape index (κ1) is 21.1. The molecule has 154 valence electrons. The summed E-state index contributed by atoms with van der Waals surface area (Å²) in [5.41, 5.74) is 3.69. The maximum Gasteiger partial charge on any atom is 0.281 e. The molecule has 6 nitrogen and oxygen atoms in total. The van der Waals surface area contributed by atoms with Crippen molar-refractivity contribution in [3.63, 3.8) is 0 Å². The fourth-order valence-electron chi connectivity index (χ4n) is 3.07. The molecule has 0 spiro atoms. The summed E-state index contributed by atoms with van der Waals surface area (Å²) in [7, 11) is 1.45. The van der Waals surface area contributed by atoms with Gasteiger partial charge in [-0.25, -0.2) is 5.43 Å². The number of carbonyl (C=O) groups excluding carboxylic acids is 1. The smallest absolute Gasteiger partial charge is 0.281 e. The van der Waals surface area contributed by atoms with Crippen LogP contribution in [0.5, 0.6) is 11.5 Å². The number of aryl methyl sites for hydroxylation is 2. The first-order valence-electron chi connectivity index (χ1n) is 9.42. The predicted octanol–water partition coefficient (Wildman–Crippen LogP) is 3.40. The molecule has 3 rings (SSSR count). The number of amides is 1. The molecule has 0 aliphatic carbocycles. The number of ether oxygens (including phenoxy) is 1. The number of hydrogen-bond donors (Lipinski definition) is 3. The Morgan fingerprint density at radius 1 is 0.967 bits per heavy atom. The highest BCUT2D eigenvalue weighted by Gasteiger charge is 2.40. The lowest BCUT2D eigenvalue weighted by molar-refractivity contribution is -0.136. The summed E-state index contributed by atoms with van der Waals surface area (Å²) in [4.78, 5) is 13.1. The van der Waals surface area contributed by atoms with Crippen molar-refractivity contribution in [3.8, 4) is 11.5 Å². The van der Waals surface area contributed by atoms with E-state index in [2.05, 4.69) is 10.5 Å². The fraction of sp³-hybridized carbons (Fsp3) is 0.167. The second-order valence-corrected chi connectivity index (χ2v) is 7.04. The lowest BCUT2D eigenvalue weighted by Crippen LogP contribution is -2.43. The van der Waals surface area contributed by atoms with Gasteiger partial charge in [0.05, 0.1) is 13.3 Å². The zero-order valence-corrected chi connectivity index (χ0v) is 17.1. The molecule has 3 aromatic rings. The van der Waals surface area contributed by atoms with Crippen LogP contribution < -0.4 is 10.2 Å². The summed E-state index contributed by atoms with van der Waals surface area (Å²) >= 11 is 0. The van der Waals surface area contributed by atoms with Gasteiger partial charge in [-0.3, -0.25) is 4.79 Å². The summed E-state index contributed by atoms with van der Waals surface area (Å²) in [5.74, 6) is -0.514. The fourth-order valence-corrected chi connectivity index (χ4v) is 3.07. The number of rotatable bonds is 6. The molecule has 0 aliphatic heterocycles. The summed E-state index contributed by atoms with van der Waals surface area (Å²) in [6.45, 7) is 3.86. The van der Waals surface area contributed by atoms with E-state index in [4.69, 9.17) is 4.74 Å². The molecule has 0 saturated heterocycles. The van der Waals surface area contributed by atoms with Crippen molar-refractivity contribution in [3.05, 3.63) is 94.5 Å². The van der Waals surface area contributed by atoms with Crippen LogP contribution in [-0.4, -0.2) is 29.4 Å². The quantitative estimate of drug-likeness (QED) is 0.434. The highest BCUT2D eigenvalue weighted by molar-refractivity contribution is 5.91. The number of para-hydroxylation sites is 1. The number of carbonyl (C=O) groups is 1. The maximum atomic E-state index is 13.1. The van der Waals surface area contributed by atoms with Crippen LogP contribution >= 0.6 is 0 Å². The van der Waals surface area contributed by atoms with Crippen molar-refractivity contribution in [2.75, 3.05) is 7.11 Å².